The maximum Gasteiger partial charge on any atom is 0.191 e. The van der Waals surface area contributed by atoms with Gasteiger partial charge in [-0.15, -0.1) is 0 Å². The topological polar surface area (TPSA) is 48.9 Å². The van der Waals surface area contributed by atoms with Crippen LogP contribution in [0.1, 0.15) is 25.7 Å². The Kier molecular flexibility index (Phi) is 6.74. The lowest BCUT2D eigenvalue weighted by molar-refractivity contribution is 0.153. The van der Waals surface area contributed by atoms with Crippen LogP contribution in [-0.4, -0.2) is 51.9 Å². The number of hydrogen-bond donors (Lipinski definition) is 2. The lowest BCUT2D eigenvalue weighted by atomic mass is 10.0. The molecule has 0 amide bonds. The zero-order valence-corrected chi connectivity index (χ0v) is 15.2. The average molecular weight is 342 g/mol. The molecule has 1 atom stereocenters. The molecule has 1 aromatic rings. The SMILES string of the molecule is CN=C(NCCC1=CCOCC1)NC1CCCN(c2ccccc2)C1. The van der Waals surface area contributed by atoms with Gasteiger partial charge in [0.1, 0.15) is 0 Å². The second kappa shape index (κ2) is 9.47. The summed E-state index contributed by atoms with van der Waals surface area (Å²) in [6.45, 7) is 4.69. The van der Waals surface area contributed by atoms with Crippen molar-refractivity contribution in [3.05, 3.63) is 42.0 Å². The molecule has 2 aliphatic heterocycles. The van der Waals surface area contributed by atoms with Crippen LogP contribution in [0.5, 0.6) is 0 Å². The van der Waals surface area contributed by atoms with Crippen molar-refractivity contribution in [1.82, 2.24) is 10.6 Å². The number of piperidine rings is 1. The van der Waals surface area contributed by atoms with Crippen LogP contribution in [0.3, 0.4) is 0 Å². The van der Waals surface area contributed by atoms with Crippen molar-refractivity contribution in [1.29, 1.82) is 0 Å². The van der Waals surface area contributed by atoms with Crippen molar-refractivity contribution in [2.45, 2.75) is 31.7 Å². The lowest BCUT2D eigenvalue weighted by Gasteiger charge is -2.35. The molecule has 0 aliphatic carbocycles. The number of benzene rings is 1. The van der Waals surface area contributed by atoms with Gasteiger partial charge in [-0.05, 0) is 37.8 Å². The highest BCUT2D eigenvalue weighted by atomic mass is 16.5. The highest BCUT2D eigenvalue weighted by Crippen LogP contribution is 2.19. The number of para-hydroxylation sites is 1. The minimum atomic E-state index is 0.433. The van der Waals surface area contributed by atoms with E-state index in [0.717, 1.165) is 51.6 Å². The zero-order valence-electron chi connectivity index (χ0n) is 15.2. The van der Waals surface area contributed by atoms with Gasteiger partial charge in [0.25, 0.3) is 0 Å². The van der Waals surface area contributed by atoms with Gasteiger partial charge in [0.15, 0.2) is 5.96 Å². The van der Waals surface area contributed by atoms with Crippen molar-refractivity contribution in [2.75, 3.05) is 44.8 Å². The number of aliphatic imine (C=N–C) groups is 1. The van der Waals surface area contributed by atoms with E-state index in [1.54, 1.807) is 0 Å². The first-order chi connectivity index (χ1) is 12.3. The first-order valence-corrected chi connectivity index (χ1v) is 9.38. The predicted molar refractivity (Wildman–Crippen MR) is 104 cm³/mol. The zero-order chi connectivity index (χ0) is 17.3. The van der Waals surface area contributed by atoms with E-state index in [1.165, 1.54) is 24.1 Å². The monoisotopic (exact) mass is 342 g/mol. The maximum atomic E-state index is 5.36. The van der Waals surface area contributed by atoms with Gasteiger partial charge < -0.3 is 20.3 Å². The number of nitrogens with one attached hydrogen (secondary N) is 2. The molecule has 5 heteroatoms. The van der Waals surface area contributed by atoms with E-state index in [4.69, 9.17) is 4.74 Å². The number of rotatable bonds is 5. The van der Waals surface area contributed by atoms with Gasteiger partial charge in [-0.1, -0.05) is 29.8 Å². The summed E-state index contributed by atoms with van der Waals surface area (Å²) in [5.41, 5.74) is 2.80. The van der Waals surface area contributed by atoms with Gasteiger partial charge in [0, 0.05) is 38.4 Å². The van der Waals surface area contributed by atoms with Gasteiger partial charge in [-0.25, -0.2) is 0 Å². The molecule has 2 N–H and O–H groups in total. The summed E-state index contributed by atoms with van der Waals surface area (Å²) in [4.78, 5) is 6.85. The molecule has 0 saturated carbocycles. The van der Waals surface area contributed by atoms with Gasteiger partial charge in [-0.2, -0.15) is 0 Å². The predicted octanol–water partition coefficient (Wildman–Crippen LogP) is 2.56. The molecule has 1 aromatic carbocycles. The van der Waals surface area contributed by atoms with E-state index in [9.17, 15) is 0 Å². The molecule has 3 rings (SSSR count). The molecule has 0 aromatic heterocycles. The second-order valence-electron chi connectivity index (χ2n) is 6.70. The highest BCUT2D eigenvalue weighted by Gasteiger charge is 2.20. The second-order valence-corrected chi connectivity index (χ2v) is 6.70. The summed E-state index contributed by atoms with van der Waals surface area (Å²) in [5.74, 6) is 0.910. The number of anilines is 1. The Morgan fingerprint density at radius 2 is 2.20 bits per heavy atom. The summed E-state index contributed by atoms with van der Waals surface area (Å²) in [5, 5.41) is 7.05. The van der Waals surface area contributed by atoms with E-state index >= 15 is 0 Å². The average Bonchev–Trinajstić information content (AvgIpc) is 2.69. The quantitative estimate of drug-likeness (QED) is 0.490. The summed E-state index contributed by atoms with van der Waals surface area (Å²) in [6.07, 6.45) is 6.72. The summed E-state index contributed by atoms with van der Waals surface area (Å²) >= 11 is 0. The largest absolute Gasteiger partial charge is 0.377 e. The number of ether oxygens (including phenoxy) is 1. The molecule has 1 fully saturated rings. The number of hydrogen-bond acceptors (Lipinski definition) is 3. The maximum absolute atomic E-state index is 5.36. The van der Waals surface area contributed by atoms with E-state index in [-0.39, 0.29) is 0 Å². The van der Waals surface area contributed by atoms with Crippen LogP contribution >= 0.6 is 0 Å². The smallest absolute Gasteiger partial charge is 0.191 e. The fourth-order valence-corrected chi connectivity index (χ4v) is 3.49. The molecular formula is C20H30N4O. The Bertz CT molecular complexity index is 585. The standard InChI is InChI=1S/C20H30N4O/c1-21-20(22-12-9-17-10-14-25-15-11-17)23-18-6-5-13-24(16-18)19-7-3-2-4-8-19/h2-4,7-8,10,18H,5-6,9,11-16H2,1H3,(H2,21,22,23). The van der Waals surface area contributed by atoms with Crippen LogP contribution < -0.4 is 15.5 Å². The third kappa shape index (κ3) is 5.49. The van der Waals surface area contributed by atoms with Crippen LogP contribution in [-0.2, 0) is 4.74 Å². The van der Waals surface area contributed by atoms with Gasteiger partial charge in [0.05, 0.1) is 13.2 Å². The molecule has 0 spiro atoms. The van der Waals surface area contributed by atoms with Gasteiger partial charge in [0.2, 0.25) is 0 Å². The van der Waals surface area contributed by atoms with Crippen molar-refractivity contribution in [3.8, 4) is 0 Å². The Hall–Kier alpha value is -2.01. The Morgan fingerprint density at radius 3 is 2.96 bits per heavy atom. The van der Waals surface area contributed by atoms with Crippen LogP contribution in [0, 0.1) is 0 Å². The van der Waals surface area contributed by atoms with E-state index in [0.29, 0.717) is 6.04 Å². The lowest BCUT2D eigenvalue weighted by Crippen LogP contribution is -2.51. The molecule has 1 unspecified atom stereocenters. The third-order valence-corrected chi connectivity index (χ3v) is 4.90. The van der Waals surface area contributed by atoms with Crippen molar-refractivity contribution < 1.29 is 4.74 Å². The molecule has 0 bridgehead atoms. The molecule has 1 saturated heterocycles. The van der Waals surface area contributed by atoms with E-state index < -0.39 is 0 Å². The molecule has 25 heavy (non-hydrogen) atoms. The fourth-order valence-electron chi connectivity index (χ4n) is 3.49. The van der Waals surface area contributed by atoms with Crippen molar-refractivity contribution in [2.24, 2.45) is 4.99 Å². The first-order valence-electron chi connectivity index (χ1n) is 9.38. The minimum Gasteiger partial charge on any atom is -0.377 e. The molecule has 2 heterocycles. The molecule has 5 nitrogen and oxygen atoms in total. The fraction of sp³-hybridized carbons (Fsp3) is 0.550. The van der Waals surface area contributed by atoms with Crippen LogP contribution in [0.4, 0.5) is 5.69 Å². The van der Waals surface area contributed by atoms with Crippen LogP contribution in [0.15, 0.2) is 47.0 Å². The summed E-state index contributed by atoms with van der Waals surface area (Å²) < 4.78 is 5.36. The van der Waals surface area contributed by atoms with Crippen LogP contribution in [0.2, 0.25) is 0 Å². The number of guanidine groups is 1. The molecule has 0 radical (unpaired) electrons. The van der Waals surface area contributed by atoms with Crippen molar-refractivity contribution >= 4 is 11.6 Å². The Labute approximate surface area is 151 Å². The van der Waals surface area contributed by atoms with Crippen molar-refractivity contribution in [3.63, 3.8) is 0 Å². The first kappa shape index (κ1) is 17.8. The Balaban J connectivity index is 1.45. The molecular weight excluding hydrogens is 312 g/mol. The normalized spacial score (nSPS) is 21.6. The summed E-state index contributed by atoms with van der Waals surface area (Å²) in [7, 11) is 1.85. The molecule has 136 valence electrons. The Morgan fingerprint density at radius 1 is 1.32 bits per heavy atom. The van der Waals surface area contributed by atoms with Gasteiger partial charge >= 0.3 is 0 Å². The van der Waals surface area contributed by atoms with Gasteiger partial charge in [-0.3, -0.25) is 4.99 Å². The number of nitrogens with zero attached hydrogens (tertiary/aromatic N) is 2. The third-order valence-electron chi connectivity index (χ3n) is 4.90. The summed E-state index contributed by atoms with van der Waals surface area (Å²) in [6, 6.07) is 11.1. The highest BCUT2D eigenvalue weighted by molar-refractivity contribution is 5.80. The molecule has 2 aliphatic rings. The van der Waals surface area contributed by atoms with E-state index in [2.05, 4.69) is 56.9 Å². The van der Waals surface area contributed by atoms with Crippen LogP contribution in [0.25, 0.3) is 0 Å². The minimum absolute atomic E-state index is 0.433. The van der Waals surface area contributed by atoms with E-state index in [1.807, 2.05) is 7.05 Å².